The molecule has 2 amide bonds. The number of thioether (sulfide) groups is 2. The summed E-state index contributed by atoms with van der Waals surface area (Å²) in [6.45, 7) is 17.0. The monoisotopic (exact) mass is 1010 g/mol. The number of amides is 2. The molecule has 0 bridgehead atoms. The van der Waals surface area contributed by atoms with Crippen LogP contribution < -0.4 is 39.8 Å². The van der Waals surface area contributed by atoms with Gasteiger partial charge in [0.15, 0.2) is 5.78 Å². The van der Waals surface area contributed by atoms with Gasteiger partial charge in [0, 0.05) is 62.4 Å². The van der Waals surface area contributed by atoms with Gasteiger partial charge in [-0.1, -0.05) is 38.1 Å². The largest absolute Gasteiger partial charge is 1.00 e. The van der Waals surface area contributed by atoms with Crippen LogP contribution in [0.25, 0.3) is 0 Å². The van der Waals surface area contributed by atoms with Crippen molar-refractivity contribution in [2.24, 2.45) is 0 Å². The smallest absolute Gasteiger partial charge is 0.467 e. The van der Waals surface area contributed by atoms with Crippen molar-refractivity contribution in [1.82, 2.24) is 9.80 Å². The maximum atomic E-state index is 12.7. The molecule has 69 heavy (non-hydrogen) atoms. The number of esters is 2. The molecule has 4 aliphatic rings. The van der Waals surface area contributed by atoms with Crippen LogP contribution >= 0.6 is 23.5 Å². The van der Waals surface area contributed by atoms with Crippen molar-refractivity contribution in [3.63, 3.8) is 0 Å². The zero-order chi connectivity index (χ0) is 50.5. The number of methoxy groups -OCH3 is 2. The third kappa shape index (κ3) is 26.6. The summed E-state index contributed by atoms with van der Waals surface area (Å²) < 4.78 is 20.2. The summed E-state index contributed by atoms with van der Waals surface area (Å²) in [6, 6.07) is 15.4. The van der Waals surface area contributed by atoms with E-state index < -0.39 is 41.4 Å². The van der Waals surface area contributed by atoms with Gasteiger partial charge < -0.3 is 36.6 Å². The van der Waals surface area contributed by atoms with Gasteiger partial charge in [-0.15, -0.1) is 23.5 Å². The fourth-order valence-corrected chi connectivity index (χ4v) is 8.40. The second-order valence-electron chi connectivity index (χ2n) is 15.7. The molecular weight excluding hydrogens is 946 g/mol. The number of nitrogens with one attached hydrogen (secondary N) is 1. The van der Waals surface area contributed by atoms with Crippen LogP contribution in [-0.4, -0.2) is 148 Å². The van der Waals surface area contributed by atoms with Crippen LogP contribution in [0.5, 0.6) is 0 Å². The van der Waals surface area contributed by atoms with E-state index in [1.165, 1.54) is 52.5 Å². The van der Waals surface area contributed by atoms with Crippen molar-refractivity contribution in [3.05, 3.63) is 56.0 Å². The third-order valence-electron chi connectivity index (χ3n) is 8.82. The first kappa shape index (κ1) is 70.7. The number of hydrogen-bond acceptors (Lipinski definition) is 19. The van der Waals surface area contributed by atoms with Gasteiger partial charge in [-0.2, -0.15) is 28.8 Å². The van der Waals surface area contributed by atoms with Crippen LogP contribution in [0.15, 0.2) is 58.3 Å². The quantitative estimate of drug-likeness (QED) is 0.201. The Morgan fingerprint density at radius 3 is 1.67 bits per heavy atom. The first-order valence-electron chi connectivity index (χ1n) is 20.8. The van der Waals surface area contributed by atoms with Crippen LogP contribution in [0.4, 0.5) is 21.0 Å². The predicted octanol–water partition coefficient (Wildman–Crippen LogP) is 3.22. The maximum absolute atomic E-state index is 12.7. The summed E-state index contributed by atoms with van der Waals surface area (Å²) in [5, 5.41) is 3.40. The van der Waals surface area contributed by atoms with Crippen molar-refractivity contribution < 1.29 is 101 Å². The second-order valence-corrected chi connectivity index (χ2v) is 18.0. The van der Waals surface area contributed by atoms with E-state index in [2.05, 4.69) is 51.4 Å². The molecule has 0 aliphatic carbocycles. The minimum atomic E-state index is -0.859. The predicted molar refractivity (Wildman–Crippen MR) is 253 cm³/mol. The zero-order valence-electron chi connectivity index (χ0n) is 41.8. The van der Waals surface area contributed by atoms with Crippen LogP contribution in [0, 0.1) is 7.43 Å². The summed E-state index contributed by atoms with van der Waals surface area (Å²) in [7, 11) is 2.58. The molecule has 2 saturated heterocycles. The molecule has 1 N–H and O–H groups in total. The number of nitrogens with zero attached hydrogens (tertiary/aromatic N) is 3. The van der Waals surface area contributed by atoms with Crippen LogP contribution in [0.3, 0.4) is 0 Å². The van der Waals surface area contributed by atoms with E-state index in [0.29, 0.717) is 13.0 Å². The third-order valence-corrected chi connectivity index (χ3v) is 11.1. The van der Waals surface area contributed by atoms with Crippen molar-refractivity contribution in [1.29, 1.82) is 0 Å². The molecule has 0 spiro atoms. The van der Waals surface area contributed by atoms with E-state index in [9.17, 15) is 24.0 Å². The second kappa shape index (κ2) is 37.9. The van der Waals surface area contributed by atoms with Crippen molar-refractivity contribution in [2.45, 2.75) is 120 Å². The normalized spacial score (nSPS) is 17.0. The van der Waals surface area contributed by atoms with Gasteiger partial charge in [0.2, 0.25) is 0 Å². The number of hydrogen-bond donors (Lipinski definition) is 1. The molecule has 0 saturated carbocycles. The van der Waals surface area contributed by atoms with E-state index in [0.717, 1.165) is 30.2 Å². The van der Waals surface area contributed by atoms with Gasteiger partial charge in [-0.3, -0.25) is 14.6 Å². The fourth-order valence-electron chi connectivity index (χ4n) is 6.42. The van der Waals surface area contributed by atoms with Gasteiger partial charge in [-0.05, 0) is 90.2 Å². The Hall–Kier alpha value is -4.91. The molecule has 0 unspecified atom stereocenters. The molecule has 3 radical (unpaired) electrons. The van der Waals surface area contributed by atoms with Gasteiger partial charge >= 0.3 is 72.1 Å². The van der Waals surface area contributed by atoms with E-state index in [4.69, 9.17) is 43.0 Å². The number of ether oxygens (including phenoxy) is 4. The average Bonchev–Trinajstić information content (AvgIpc) is 3.72. The molecule has 4 aliphatic heterocycles. The topological polar surface area (TPSA) is 246 Å². The number of carbonyl (C=O) groups excluding carboxylic acids is 11. The van der Waals surface area contributed by atoms with Crippen molar-refractivity contribution >= 4 is 91.7 Å². The number of carbonyl (C=O) groups is 5. The molecule has 2 aromatic carbocycles. The number of fused-ring (bicyclic) bond motifs is 2. The Labute approximate surface area is 438 Å². The first-order chi connectivity index (χ1) is 31.2. The molecule has 3 atom stereocenters. The molecule has 2 fully saturated rings. The molecule has 2 aromatic rings. The van der Waals surface area contributed by atoms with Crippen molar-refractivity contribution in [2.75, 3.05) is 62.1 Å². The standard InChI is InChI=1S/C20H28N2O4S.C11H17NO5.C9H11NS.C2H6.3CO2.CH3.B.Na/c1-20(2,3)26-19(24)22-13-14(12-16(22)18(23)25-4)21-10-7-11-27-17-9-6-5-8-15(17)21;1-11(2,3)17-10(15)12-6-7(13)5-8(12)9(14)16-4;1-2-5-9-8(4-1)10-6-3-7-11-9;1-2;3*2-1-3;;;/h5-6,8-9,14,16H,7,10-13H2,1-4H3;8H,5-6H2,1-4H3;1-2,4-5,10H,3,6-7H2;1-2H3;;;;1H3;;/q;;;;;;;-1;;+1/t14-,16-;8-;;;;;;;;/m00......../s1. The number of Topliss-reactive ketones (excluding diaryl/α,β-unsaturated/α-hetero) is 1. The Balaban J connectivity index is -0.000000432. The molecule has 23 heteroatoms. The van der Waals surface area contributed by atoms with Crippen LogP contribution in [-0.2, 0) is 62.1 Å². The van der Waals surface area contributed by atoms with E-state index in [-0.39, 0.29) is 94.6 Å². The van der Waals surface area contributed by atoms with Crippen LogP contribution in [0.1, 0.15) is 81.1 Å². The summed E-state index contributed by atoms with van der Waals surface area (Å²) in [6.07, 6.45) is 2.48. The molecule has 375 valence electrons. The number of rotatable bonds is 3. The summed E-state index contributed by atoms with van der Waals surface area (Å²) in [5.41, 5.74) is 1.21. The Morgan fingerprint density at radius 1 is 0.696 bits per heavy atom. The summed E-state index contributed by atoms with van der Waals surface area (Å²) >= 11 is 3.81. The molecule has 6 rings (SSSR count). The minimum Gasteiger partial charge on any atom is -0.467 e. The number of ketones is 1. The first-order valence-corrected chi connectivity index (χ1v) is 22.8. The van der Waals surface area contributed by atoms with Gasteiger partial charge in [0.1, 0.15) is 23.3 Å². The fraction of sp³-hybridized carbons (Fsp3) is 0.543. The van der Waals surface area contributed by atoms with Crippen LogP contribution in [0.2, 0.25) is 0 Å². The number of anilines is 2. The molecular formula is C46H65BN4NaO15S2. The van der Waals surface area contributed by atoms with E-state index in [1.807, 2.05) is 70.3 Å². The number of likely N-dealkylation sites (tertiary alicyclic amines) is 2. The summed E-state index contributed by atoms with van der Waals surface area (Å²) in [5.74, 6) is 1.15. The molecule has 19 nitrogen and oxygen atoms in total. The Morgan fingerprint density at radius 2 is 1.14 bits per heavy atom. The summed E-state index contributed by atoms with van der Waals surface area (Å²) in [4.78, 5) is 116. The Kier molecular flexibility index (Phi) is 38.8. The Bertz CT molecular complexity index is 1910. The average molecular weight is 1010 g/mol. The van der Waals surface area contributed by atoms with E-state index in [1.54, 1.807) is 20.8 Å². The molecule has 0 aromatic heterocycles. The van der Waals surface area contributed by atoms with E-state index >= 15 is 0 Å². The van der Waals surface area contributed by atoms with Crippen molar-refractivity contribution in [3.8, 4) is 0 Å². The maximum Gasteiger partial charge on any atom is 1.00 e. The number of para-hydroxylation sites is 2. The van der Waals surface area contributed by atoms with Gasteiger partial charge in [0.05, 0.1) is 26.5 Å². The zero-order valence-corrected chi connectivity index (χ0v) is 45.4. The minimum absolute atomic E-state index is 0. The SMILES string of the molecule is CC.COC(=O)[C@@H]1CC(=O)CN1C(=O)OC(C)(C)C.COC(=O)[C@@H]1C[C@H](N2CCCSc3ccccc32)CN1C(=O)OC(C)(C)C.O=C=O.O=C=O.O=C=O.[B].[CH3-].[Na+].c1ccc2c(c1)NCCCS2. The van der Waals surface area contributed by atoms with Gasteiger partial charge in [-0.25, -0.2) is 19.2 Å². The van der Waals surface area contributed by atoms with Gasteiger partial charge in [0.25, 0.3) is 0 Å². The molecule has 4 heterocycles. The number of benzene rings is 2.